The number of pyridine rings is 2. The number of aryl methyl sites for hydroxylation is 1. The Morgan fingerprint density at radius 2 is 1.49 bits per heavy atom. The highest BCUT2D eigenvalue weighted by atomic mass is 127. The Bertz CT molecular complexity index is 1830. The maximum Gasteiger partial charge on any atom is 0.273 e. The highest BCUT2D eigenvalue weighted by molar-refractivity contribution is 14.1. The van der Waals surface area contributed by atoms with Crippen molar-refractivity contribution in [3.8, 4) is 0 Å². The van der Waals surface area contributed by atoms with E-state index in [-0.39, 0.29) is 51.9 Å². The van der Waals surface area contributed by atoms with Crippen molar-refractivity contribution in [3.05, 3.63) is 117 Å². The van der Waals surface area contributed by atoms with E-state index in [1.165, 1.54) is 85.9 Å². The van der Waals surface area contributed by atoms with Gasteiger partial charge in [0, 0.05) is 46.6 Å². The van der Waals surface area contributed by atoms with E-state index in [0.717, 1.165) is 12.1 Å². The highest BCUT2D eigenvalue weighted by Gasteiger charge is 2.20. The third kappa shape index (κ3) is 9.57. The lowest BCUT2D eigenvalue weighted by atomic mass is 10.2. The molecule has 0 aliphatic carbocycles. The minimum Gasteiger partial charge on any atom is -0.391 e. The van der Waals surface area contributed by atoms with Gasteiger partial charge in [-0.25, -0.2) is 13.8 Å². The molecule has 0 fully saturated rings. The summed E-state index contributed by atoms with van der Waals surface area (Å²) in [6, 6.07) is 14.6. The van der Waals surface area contributed by atoms with Crippen LogP contribution in [0.2, 0.25) is 0 Å². The van der Waals surface area contributed by atoms with Crippen LogP contribution in [0.1, 0.15) is 27.6 Å². The Labute approximate surface area is 284 Å². The lowest BCUT2D eigenvalue weighted by Gasteiger charge is -2.26. The smallest absolute Gasteiger partial charge is 0.273 e. The van der Waals surface area contributed by atoms with Crippen molar-refractivity contribution >= 4 is 74.2 Å². The summed E-state index contributed by atoms with van der Waals surface area (Å²) in [6.07, 6.45) is 0.576. The van der Waals surface area contributed by atoms with E-state index in [1.807, 2.05) is 45.2 Å². The van der Waals surface area contributed by atoms with Gasteiger partial charge in [0.2, 0.25) is 5.56 Å². The molecule has 1 unspecified atom stereocenters. The summed E-state index contributed by atoms with van der Waals surface area (Å²) >= 11 is 3.99. The number of carbonyl (C=O) groups is 2. The predicted molar refractivity (Wildman–Crippen MR) is 185 cm³/mol. The number of nitrogens with one attached hydrogen (secondary N) is 3. The van der Waals surface area contributed by atoms with E-state index in [1.54, 1.807) is 18.2 Å². The van der Waals surface area contributed by atoms with Crippen LogP contribution in [0.4, 0.5) is 26.0 Å². The number of aromatic nitrogens is 2. The molecule has 0 saturated carbocycles. The first kappa shape index (κ1) is 35.6. The van der Waals surface area contributed by atoms with Crippen molar-refractivity contribution in [1.82, 2.24) is 19.5 Å². The molecular formula is C30H30F2I2N6O5. The van der Waals surface area contributed by atoms with Gasteiger partial charge in [-0.3, -0.25) is 29.2 Å². The Hall–Kier alpha value is -3.84. The van der Waals surface area contributed by atoms with Gasteiger partial charge in [-0.15, -0.1) is 0 Å². The quantitative estimate of drug-likeness (QED) is 0.154. The van der Waals surface area contributed by atoms with Crippen LogP contribution in [0, 0.1) is 18.8 Å². The van der Waals surface area contributed by atoms with Crippen molar-refractivity contribution in [3.63, 3.8) is 0 Å². The Kier molecular flexibility index (Phi) is 12.6. The zero-order chi connectivity index (χ0) is 33.4. The fourth-order valence-corrected chi connectivity index (χ4v) is 4.78. The van der Waals surface area contributed by atoms with E-state index >= 15 is 0 Å². The van der Waals surface area contributed by atoms with Crippen LogP contribution in [0.15, 0.2) is 76.4 Å². The number of benzene rings is 2. The number of hydrazine groups is 1. The van der Waals surface area contributed by atoms with Crippen LogP contribution >= 0.6 is 45.2 Å². The normalized spacial score (nSPS) is 11.1. The second kappa shape index (κ2) is 15.9. The van der Waals surface area contributed by atoms with E-state index in [2.05, 4.69) is 16.1 Å². The summed E-state index contributed by atoms with van der Waals surface area (Å²) in [5, 5.41) is 16.1. The summed E-state index contributed by atoms with van der Waals surface area (Å²) in [7, 11) is 4.54. The van der Waals surface area contributed by atoms with Gasteiger partial charge in [-0.1, -0.05) is 0 Å². The Balaban J connectivity index is 0.000000248. The van der Waals surface area contributed by atoms with Crippen LogP contribution in [0.5, 0.6) is 0 Å². The summed E-state index contributed by atoms with van der Waals surface area (Å²) in [4.78, 5) is 47.7. The molecule has 11 nitrogen and oxygen atoms in total. The molecule has 4 aromatic rings. The van der Waals surface area contributed by atoms with E-state index in [0.29, 0.717) is 0 Å². The molecule has 0 aliphatic rings. The number of hydrogen-bond acceptors (Lipinski definition) is 7. The first-order chi connectivity index (χ1) is 21.2. The lowest BCUT2D eigenvalue weighted by molar-refractivity contribution is 0.0699. The van der Waals surface area contributed by atoms with Gasteiger partial charge >= 0.3 is 0 Å². The van der Waals surface area contributed by atoms with Gasteiger partial charge in [0.15, 0.2) is 0 Å². The van der Waals surface area contributed by atoms with Crippen molar-refractivity contribution in [2.24, 2.45) is 14.1 Å². The molecule has 2 aromatic heterocycles. The van der Waals surface area contributed by atoms with Crippen LogP contribution in [0.25, 0.3) is 0 Å². The van der Waals surface area contributed by atoms with Crippen LogP contribution in [-0.4, -0.2) is 50.8 Å². The summed E-state index contributed by atoms with van der Waals surface area (Å²) in [6.45, 7) is 1.47. The van der Waals surface area contributed by atoms with Crippen LogP contribution < -0.4 is 27.2 Å². The monoisotopic (exact) mass is 846 g/mol. The molecule has 1 atom stereocenters. The minimum atomic E-state index is -0.819. The molecule has 0 saturated heterocycles. The van der Waals surface area contributed by atoms with Crippen molar-refractivity contribution in [1.29, 1.82) is 0 Å². The molecule has 238 valence electrons. The van der Waals surface area contributed by atoms with E-state index in [9.17, 15) is 33.1 Å². The topological polar surface area (TPSA) is 138 Å². The van der Waals surface area contributed by atoms with Crippen molar-refractivity contribution < 1.29 is 23.5 Å². The molecule has 15 heteroatoms. The maximum atomic E-state index is 14.0. The number of anilines is 3. The van der Waals surface area contributed by atoms with Gasteiger partial charge in [-0.2, -0.15) is 0 Å². The molecule has 0 radical (unpaired) electrons. The number of carbonyl (C=O) groups excluding carboxylic acids is 2. The van der Waals surface area contributed by atoms with Gasteiger partial charge in [0.25, 0.3) is 17.4 Å². The molecular weight excluding hydrogens is 816 g/mol. The summed E-state index contributed by atoms with van der Waals surface area (Å²) in [5.74, 6) is -1.57. The van der Waals surface area contributed by atoms with Crippen LogP contribution in [0.3, 0.4) is 0 Å². The summed E-state index contributed by atoms with van der Waals surface area (Å²) < 4.78 is 32.0. The fourth-order valence-electron chi connectivity index (χ4n) is 3.87. The number of hydrogen-bond donors (Lipinski definition) is 4. The molecule has 4 rings (SSSR count). The van der Waals surface area contributed by atoms with Gasteiger partial charge in [0.1, 0.15) is 17.5 Å². The molecule has 0 bridgehead atoms. The number of rotatable bonds is 8. The number of amides is 2. The molecule has 0 spiro atoms. The second-order valence-electron chi connectivity index (χ2n) is 9.69. The van der Waals surface area contributed by atoms with Gasteiger partial charge in [0.05, 0.1) is 35.2 Å². The van der Waals surface area contributed by atoms with Gasteiger partial charge < -0.3 is 20.3 Å². The van der Waals surface area contributed by atoms with Crippen molar-refractivity contribution in [2.75, 3.05) is 24.3 Å². The molecule has 45 heavy (non-hydrogen) atoms. The standard InChI is InChI=1S/C16H17FIN3O3.C14H13FIN3O2/c1-10(22)8-21(19-14-5-4-12(18)7-13(14)17)16(24)11-3-6-15(23)20(2)9-11;1-17-14(21)9-4-6-12(20)19(2)13(9)18-11-5-3-8(16)7-10(11)15/h3-7,9-10,19,22H,8H2,1-2H3;3-7,18H,1-2H3,(H,17,21). The third-order valence-corrected chi connectivity index (χ3v) is 7.52. The van der Waals surface area contributed by atoms with Gasteiger partial charge in [-0.05, 0) is 101 Å². The van der Waals surface area contributed by atoms with Crippen molar-refractivity contribution in [2.45, 2.75) is 13.0 Å². The summed E-state index contributed by atoms with van der Waals surface area (Å²) in [5.41, 5.74) is 2.98. The molecule has 2 heterocycles. The van der Waals surface area contributed by atoms with Crippen LogP contribution in [-0.2, 0) is 14.1 Å². The highest BCUT2D eigenvalue weighted by Crippen LogP contribution is 2.23. The molecule has 0 aliphatic heterocycles. The molecule has 2 amide bonds. The average molecular weight is 846 g/mol. The SMILES string of the molecule is CC(O)CN(Nc1ccc(I)cc1F)C(=O)c1ccc(=O)n(C)c1.CNC(=O)c1ccc(=O)n(C)c1Nc1ccc(I)cc1F. The average Bonchev–Trinajstić information content (AvgIpc) is 2.98. The third-order valence-electron chi connectivity index (χ3n) is 6.18. The fraction of sp³-hybridized carbons (Fsp3) is 0.200. The Morgan fingerprint density at radius 3 is 2.02 bits per heavy atom. The number of aliphatic hydroxyl groups is 1. The first-order valence-electron chi connectivity index (χ1n) is 13.2. The number of aliphatic hydroxyl groups excluding tert-OH is 1. The zero-order valence-electron chi connectivity index (χ0n) is 24.6. The first-order valence-corrected chi connectivity index (χ1v) is 15.4. The predicted octanol–water partition coefficient (Wildman–Crippen LogP) is 4.21. The second-order valence-corrected chi connectivity index (χ2v) is 12.2. The number of nitrogens with zero attached hydrogens (tertiary/aromatic N) is 3. The van der Waals surface area contributed by atoms with E-state index in [4.69, 9.17) is 0 Å². The van der Waals surface area contributed by atoms with E-state index < -0.39 is 23.6 Å². The zero-order valence-corrected chi connectivity index (χ0v) is 28.9. The molecule has 2 aromatic carbocycles. The largest absolute Gasteiger partial charge is 0.391 e. The minimum absolute atomic E-state index is 0.0485. The molecule has 4 N–H and O–H groups in total. The Morgan fingerprint density at radius 1 is 0.911 bits per heavy atom. The number of halogens is 4. The maximum absolute atomic E-state index is 14.0. The lowest BCUT2D eigenvalue weighted by Crippen LogP contribution is -2.41.